The predicted molar refractivity (Wildman–Crippen MR) is 75.9 cm³/mol. The highest BCUT2D eigenvalue weighted by Gasteiger charge is 2.25. The molecule has 0 saturated carbocycles. The second kappa shape index (κ2) is 6.06. The quantitative estimate of drug-likeness (QED) is 0.867. The zero-order valence-corrected chi connectivity index (χ0v) is 11.9. The summed E-state index contributed by atoms with van der Waals surface area (Å²) in [7, 11) is 0. The second-order valence-corrected chi connectivity index (χ2v) is 5.02. The van der Waals surface area contributed by atoms with Gasteiger partial charge in [-0.1, -0.05) is 6.42 Å². The molecule has 6 heteroatoms. The van der Waals surface area contributed by atoms with E-state index in [1.807, 2.05) is 6.92 Å². The number of nitrogens with one attached hydrogen (secondary N) is 1. The molecule has 1 aromatic heterocycles. The van der Waals surface area contributed by atoms with Crippen molar-refractivity contribution in [2.45, 2.75) is 52.1 Å². The molecule has 0 spiro atoms. The Balaban J connectivity index is 2.15. The van der Waals surface area contributed by atoms with E-state index < -0.39 is 0 Å². The molecule has 19 heavy (non-hydrogen) atoms. The van der Waals surface area contributed by atoms with Gasteiger partial charge < -0.3 is 15.9 Å². The molecule has 1 aliphatic rings. The van der Waals surface area contributed by atoms with Crippen LogP contribution in [0.1, 0.15) is 40.0 Å². The van der Waals surface area contributed by atoms with Gasteiger partial charge in [-0.05, 0) is 33.6 Å². The van der Waals surface area contributed by atoms with Crippen LogP contribution in [0.4, 0.5) is 11.5 Å². The Hall–Kier alpha value is -1.56. The van der Waals surface area contributed by atoms with Crippen molar-refractivity contribution in [3.05, 3.63) is 6.33 Å². The summed E-state index contributed by atoms with van der Waals surface area (Å²) in [6, 6.07) is 0.933. The topological polar surface area (TPSA) is 76.3 Å². The first-order chi connectivity index (χ1) is 9.13. The number of anilines is 2. The normalized spacial score (nSPS) is 24.2. The number of piperidine rings is 1. The first kappa shape index (κ1) is 13.9. The Morgan fingerprint density at radius 3 is 2.68 bits per heavy atom. The van der Waals surface area contributed by atoms with E-state index in [9.17, 15) is 0 Å². The zero-order valence-electron chi connectivity index (χ0n) is 11.9. The minimum Gasteiger partial charge on any atom is -0.476 e. The fourth-order valence-electron chi connectivity index (χ4n) is 2.48. The van der Waals surface area contributed by atoms with Gasteiger partial charge in [-0.3, -0.25) is 0 Å². The van der Waals surface area contributed by atoms with Crippen LogP contribution in [0.3, 0.4) is 0 Å². The standard InChI is InChI=1S/C13H23N5O/c1-4-19-13-11(14)12(15-8-16-13)17-18-9(2)6-5-7-10(18)3/h8-10H,4-7,14H2,1-3H3,(H,15,16,17). The third-order valence-corrected chi connectivity index (χ3v) is 3.56. The summed E-state index contributed by atoms with van der Waals surface area (Å²) >= 11 is 0. The van der Waals surface area contributed by atoms with Crippen LogP contribution in [0.2, 0.25) is 0 Å². The molecular weight excluding hydrogens is 242 g/mol. The van der Waals surface area contributed by atoms with Gasteiger partial charge in [0.1, 0.15) is 12.0 Å². The largest absolute Gasteiger partial charge is 0.476 e. The van der Waals surface area contributed by atoms with E-state index in [1.54, 1.807) is 0 Å². The zero-order chi connectivity index (χ0) is 13.8. The van der Waals surface area contributed by atoms with Crippen molar-refractivity contribution in [1.82, 2.24) is 15.0 Å². The third-order valence-electron chi connectivity index (χ3n) is 3.56. The molecular formula is C13H23N5O. The van der Waals surface area contributed by atoms with Gasteiger partial charge in [-0.15, -0.1) is 0 Å². The van der Waals surface area contributed by atoms with Gasteiger partial charge in [0.05, 0.1) is 6.61 Å². The average molecular weight is 265 g/mol. The summed E-state index contributed by atoms with van der Waals surface area (Å²) in [5.41, 5.74) is 9.83. The second-order valence-electron chi connectivity index (χ2n) is 5.02. The predicted octanol–water partition coefficient (Wildman–Crippen LogP) is 2.05. The van der Waals surface area contributed by atoms with Gasteiger partial charge in [0.2, 0.25) is 5.88 Å². The molecule has 0 radical (unpaired) electrons. The Kier molecular flexibility index (Phi) is 4.42. The molecule has 2 heterocycles. The maximum atomic E-state index is 6.04. The number of hydrogen-bond acceptors (Lipinski definition) is 6. The van der Waals surface area contributed by atoms with Crippen LogP contribution in [-0.4, -0.2) is 33.7 Å². The average Bonchev–Trinajstić information content (AvgIpc) is 2.38. The SMILES string of the molecule is CCOc1ncnc(NN2C(C)CCCC2C)c1N. The summed E-state index contributed by atoms with van der Waals surface area (Å²) in [5.74, 6) is 1.07. The maximum absolute atomic E-state index is 6.04. The summed E-state index contributed by atoms with van der Waals surface area (Å²) in [6.45, 7) is 6.87. The van der Waals surface area contributed by atoms with E-state index in [4.69, 9.17) is 10.5 Å². The number of hydrogen-bond donors (Lipinski definition) is 2. The summed E-state index contributed by atoms with van der Waals surface area (Å²) in [4.78, 5) is 8.26. The van der Waals surface area contributed by atoms with Gasteiger partial charge in [0, 0.05) is 12.1 Å². The maximum Gasteiger partial charge on any atom is 0.242 e. The molecule has 1 saturated heterocycles. The van der Waals surface area contributed by atoms with Crippen molar-refractivity contribution in [3.63, 3.8) is 0 Å². The molecule has 2 atom stereocenters. The number of ether oxygens (including phenoxy) is 1. The molecule has 106 valence electrons. The highest BCUT2D eigenvalue weighted by molar-refractivity contribution is 5.66. The van der Waals surface area contributed by atoms with Crippen LogP contribution >= 0.6 is 0 Å². The lowest BCUT2D eigenvalue weighted by molar-refractivity contribution is 0.135. The van der Waals surface area contributed by atoms with Gasteiger partial charge >= 0.3 is 0 Å². The summed E-state index contributed by atoms with van der Waals surface area (Å²) in [5, 5.41) is 2.22. The van der Waals surface area contributed by atoms with Crippen LogP contribution in [0.25, 0.3) is 0 Å². The van der Waals surface area contributed by atoms with Gasteiger partial charge in [0.15, 0.2) is 5.82 Å². The van der Waals surface area contributed by atoms with Crippen LogP contribution in [-0.2, 0) is 0 Å². The number of aromatic nitrogens is 2. The molecule has 6 nitrogen and oxygen atoms in total. The van der Waals surface area contributed by atoms with E-state index in [0.29, 0.717) is 36.1 Å². The van der Waals surface area contributed by atoms with Gasteiger partial charge in [-0.2, -0.15) is 4.98 Å². The summed E-state index contributed by atoms with van der Waals surface area (Å²) < 4.78 is 5.39. The van der Waals surface area contributed by atoms with Crippen molar-refractivity contribution >= 4 is 11.5 Å². The Bertz CT molecular complexity index is 415. The lowest BCUT2D eigenvalue weighted by Gasteiger charge is -2.39. The number of rotatable bonds is 4. The first-order valence-electron chi connectivity index (χ1n) is 6.91. The lowest BCUT2D eigenvalue weighted by Crippen LogP contribution is -2.47. The van der Waals surface area contributed by atoms with Crippen molar-refractivity contribution in [1.29, 1.82) is 0 Å². The number of nitrogens with two attached hydrogens (primary N) is 1. The molecule has 1 fully saturated rings. The Labute approximate surface area is 114 Å². The van der Waals surface area contributed by atoms with Gasteiger partial charge in [0.25, 0.3) is 0 Å². The number of hydrazine groups is 1. The Morgan fingerprint density at radius 1 is 1.37 bits per heavy atom. The molecule has 0 aliphatic carbocycles. The molecule has 0 amide bonds. The molecule has 2 unspecified atom stereocenters. The first-order valence-corrected chi connectivity index (χ1v) is 6.91. The monoisotopic (exact) mass is 265 g/mol. The van der Waals surface area contributed by atoms with Crippen LogP contribution in [0.5, 0.6) is 5.88 Å². The smallest absolute Gasteiger partial charge is 0.242 e. The van der Waals surface area contributed by atoms with E-state index in [1.165, 1.54) is 25.6 Å². The van der Waals surface area contributed by atoms with E-state index >= 15 is 0 Å². The summed E-state index contributed by atoms with van der Waals surface area (Å²) in [6.07, 6.45) is 5.11. The highest BCUT2D eigenvalue weighted by atomic mass is 16.5. The minimum absolute atomic E-state index is 0.442. The molecule has 1 aromatic rings. The van der Waals surface area contributed by atoms with E-state index in [0.717, 1.165) is 0 Å². The van der Waals surface area contributed by atoms with E-state index in [-0.39, 0.29) is 0 Å². The lowest BCUT2D eigenvalue weighted by atomic mass is 10.00. The van der Waals surface area contributed by atoms with E-state index in [2.05, 4.69) is 34.3 Å². The molecule has 0 bridgehead atoms. The van der Waals surface area contributed by atoms with Crippen LogP contribution < -0.4 is 15.9 Å². The molecule has 2 rings (SSSR count). The molecule has 3 N–H and O–H groups in total. The van der Waals surface area contributed by atoms with Crippen molar-refractivity contribution in [2.24, 2.45) is 0 Å². The highest BCUT2D eigenvalue weighted by Crippen LogP contribution is 2.28. The minimum atomic E-state index is 0.442. The fraction of sp³-hybridized carbons (Fsp3) is 0.692. The van der Waals surface area contributed by atoms with Crippen molar-refractivity contribution in [2.75, 3.05) is 17.8 Å². The van der Waals surface area contributed by atoms with Gasteiger partial charge in [-0.25, -0.2) is 9.99 Å². The fourth-order valence-corrected chi connectivity index (χ4v) is 2.48. The molecule has 1 aliphatic heterocycles. The van der Waals surface area contributed by atoms with Crippen LogP contribution in [0, 0.1) is 0 Å². The number of nitrogens with zero attached hydrogens (tertiary/aromatic N) is 3. The van der Waals surface area contributed by atoms with Crippen molar-refractivity contribution in [3.8, 4) is 5.88 Å². The number of nitrogen functional groups attached to an aromatic ring is 1. The molecule has 0 aromatic carbocycles. The third kappa shape index (κ3) is 3.07. The Morgan fingerprint density at radius 2 is 2.05 bits per heavy atom. The van der Waals surface area contributed by atoms with Crippen molar-refractivity contribution < 1.29 is 4.74 Å². The van der Waals surface area contributed by atoms with Crippen LogP contribution in [0.15, 0.2) is 6.33 Å².